The van der Waals surface area contributed by atoms with Crippen LogP contribution in [0.25, 0.3) is 11.0 Å². The van der Waals surface area contributed by atoms with E-state index in [-0.39, 0.29) is 43.5 Å². The maximum absolute atomic E-state index is 14.0. The van der Waals surface area contributed by atoms with Crippen LogP contribution in [0.1, 0.15) is 34.0 Å². The molecule has 214 valence electrons. The van der Waals surface area contributed by atoms with Crippen LogP contribution in [0.3, 0.4) is 0 Å². The molecule has 2 aromatic heterocycles. The summed E-state index contributed by atoms with van der Waals surface area (Å²) in [5, 5.41) is 9.39. The number of carbonyl (C=O) groups is 1. The quantitative estimate of drug-likeness (QED) is 0.277. The highest BCUT2D eigenvalue weighted by molar-refractivity contribution is 6.00. The van der Waals surface area contributed by atoms with E-state index in [0.29, 0.717) is 41.9 Å². The Morgan fingerprint density at radius 1 is 1.17 bits per heavy atom. The van der Waals surface area contributed by atoms with Crippen LogP contribution in [0.4, 0.5) is 4.39 Å². The molecule has 1 N–H and O–H groups in total. The number of nitrogens with zero attached hydrogens (tertiary/aromatic N) is 3. The number of esters is 1. The van der Waals surface area contributed by atoms with Crippen LogP contribution in [0.5, 0.6) is 11.5 Å². The van der Waals surface area contributed by atoms with Gasteiger partial charge in [0.15, 0.2) is 17.1 Å². The number of hydrogen-bond acceptors (Lipinski definition) is 8. The fraction of sp³-hybridized carbons (Fsp3) is 0.323. The lowest BCUT2D eigenvalue weighted by Gasteiger charge is -2.32. The predicted molar refractivity (Wildman–Crippen MR) is 151 cm³/mol. The molecule has 41 heavy (non-hydrogen) atoms. The molecule has 3 heterocycles. The van der Waals surface area contributed by atoms with E-state index in [9.17, 15) is 19.1 Å². The first-order valence-electron chi connectivity index (χ1n) is 13.5. The first-order valence-corrected chi connectivity index (χ1v) is 13.5. The highest BCUT2D eigenvalue weighted by Gasteiger charge is 2.33. The molecule has 0 unspecified atom stereocenters. The van der Waals surface area contributed by atoms with Crippen molar-refractivity contribution in [2.75, 3.05) is 33.4 Å². The molecule has 9 nitrogen and oxygen atoms in total. The number of halogens is 1. The van der Waals surface area contributed by atoms with E-state index in [2.05, 4.69) is 4.98 Å². The summed E-state index contributed by atoms with van der Waals surface area (Å²) < 4.78 is 33.0. The number of likely N-dealkylation sites (N-methyl/N-ethyl adjacent to an activating group) is 1. The number of ether oxygens (including phenoxy) is 3. The third-order valence-electron chi connectivity index (χ3n) is 6.93. The molecule has 0 radical (unpaired) electrons. The van der Waals surface area contributed by atoms with E-state index in [1.54, 1.807) is 25.3 Å². The van der Waals surface area contributed by atoms with Gasteiger partial charge >= 0.3 is 5.97 Å². The van der Waals surface area contributed by atoms with Gasteiger partial charge in [-0.25, -0.2) is 9.18 Å². The number of aromatic nitrogens is 2. The molecule has 1 aliphatic rings. The first-order chi connectivity index (χ1) is 19.9. The van der Waals surface area contributed by atoms with Gasteiger partial charge in [-0.05, 0) is 37.2 Å². The van der Waals surface area contributed by atoms with Gasteiger partial charge in [-0.1, -0.05) is 42.5 Å². The second kappa shape index (κ2) is 12.5. The van der Waals surface area contributed by atoms with E-state index in [1.165, 1.54) is 16.7 Å². The smallest absolute Gasteiger partial charge is 0.347 e. The van der Waals surface area contributed by atoms with E-state index in [1.807, 2.05) is 42.3 Å². The van der Waals surface area contributed by atoms with Gasteiger partial charge in [0.05, 0.1) is 19.8 Å². The largest absolute Gasteiger partial charge is 0.485 e. The zero-order valence-electron chi connectivity index (χ0n) is 23.0. The van der Waals surface area contributed by atoms with Gasteiger partial charge in [0.2, 0.25) is 0 Å². The molecule has 0 saturated heterocycles. The summed E-state index contributed by atoms with van der Waals surface area (Å²) in [6.45, 7) is 2.85. The van der Waals surface area contributed by atoms with Crippen LogP contribution in [0.2, 0.25) is 0 Å². The molecule has 0 aliphatic carbocycles. The minimum absolute atomic E-state index is 0.0236. The summed E-state index contributed by atoms with van der Waals surface area (Å²) in [5.41, 5.74) is 2.34. The number of benzene rings is 2. The summed E-state index contributed by atoms with van der Waals surface area (Å²) in [6.07, 6.45) is 1.56. The average Bonchev–Trinajstić information content (AvgIpc) is 2.96. The minimum Gasteiger partial charge on any atom is -0.485 e. The lowest BCUT2D eigenvalue weighted by atomic mass is 10.0. The first kappa shape index (κ1) is 28.3. The van der Waals surface area contributed by atoms with Crippen LogP contribution in [-0.2, 0) is 24.3 Å². The SMILES string of the molecule is CCOC(=O)c1c(OCc2ccccc2)c2ncc(Cc3ccc(F)cc3)c3c2n(c1=O)C[C@@H](CN(C)CCO)O3. The number of aliphatic hydroxyl groups excluding tert-OH is 1. The summed E-state index contributed by atoms with van der Waals surface area (Å²) in [4.78, 5) is 33.8. The van der Waals surface area contributed by atoms with Crippen molar-refractivity contribution >= 4 is 17.0 Å². The van der Waals surface area contributed by atoms with Crippen molar-refractivity contribution in [1.82, 2.24) is 14.5 Å². The fourth-order valence-corrected chi connectivity index (χ4v) is 5.01. The van der Waals surface area contributed by atoms with Crippen LogP contribution in [-0.4, -0.2) is 65.0 Å². The summed E-state index contributed by atoms with van der Waals surface area (Å²) in [6, 6.07) is 15.6. The van der Waals surface area contributed by atoms with Crippen LogP contribution in [0, 0.1) is 5.82 Å². The van der Waals surface area contributed by atoms with Gasteiger partial charge in [-0.2, -0.15) is 0 Å². The molecule has 4 aromatic rings. The van der Waals surface area contributed by atoms with Gasteiger partial charge in [0.1, 0.15) is 29.6 Å². The standard InChI is InChI=1S/C31H32FN3O6/c1-3-39-31(38)25-29(40-19-21-7-5-4-6-8-21)26-27-28(22(16-33-26)15-20-9-11-23(32)12-10-20)41-24(17-34(2)13-14-36)18-35(27)30(25)37/h4-12,16,24,36H,3,13-15,17-19H2,1-2H3/t24-/m1/s1. The molecule has 1 aliphatic heterocycles. The van der Waals surface area contributed by atoms with Crippen molar-refractivity contribution in [3.63, 3.8) is 0 Å². The fourth-order valence-electron chi connectivity index (χ4n) is 5.01. The molecule has 0 amide bonds. The molecule has 0 spiro atoms. The maximum atomic E-state index is 14.0. The van der Waals surface area contributed by atoms with Crippen LogP contribution < -0.4 is 15.0 Å². The van der Waals surface area contributed by atoms with Crippen molar-refractivity contribution in [2.24, 2.45) is 0 Å². The number of pyridine rings is 2. The Morgan fingerprint density at radius 2 is 1.93 bits per heavy atom. The van der Waals surface area contributed by atoms with E-state index in [0.717, 1.165) is 11.1 Å². The van der Waals surface area contributed by atoms with Crippen molar-refractivity contribution in [3.05, 3.63) is 99.2 Å². The summed E-state index contributed by atoms with van der Waals surface area (Å²) in [5.74, 6) is -0.636. The van der Waals surface area contributed by atoms with Crippen LogP contribution >= 0.6 is 0 Å². The van der Waals surface area contributed by atoms with E-state index >= 15 is 0 Å². The Balaban J connectivity index is 1.68. The molecule has 10 heteroatoms. The lowest BCUT2D eigenvalue weighted by Crippen LogP contribution is -2.43. The second-order valence-corrected chi connectivity index (χ2v) is 9.95. The summed E-state index contributed by atoms with van der Waals surface area (Å²) >= 11 is 0. The molecule has 0 bridgehead atoms. The Kier molecular flexibility index (Phi) is 8.61. The number of aliphatic hydroxyl groups is 1. The lowest BCUT2D eigenvalue weighted by molar-refractivity contribution is 0.0516. The zero-order chi connectivity index (χ0) is 28.9. The van der Waals surface area contributed by atoms with Gasteiger partial charge in [-0.3, -0.25) is 14.3 Å². The normalized spacial score (nSPS) is 14.2. The zero-order valence-corrected chi connectivity index (χ0v) is 23.0. The second-order valence-electron chi connectivity index (χ2n) is 9.95. The maximum Gasteiger partial charge on any atom is 0.347 e. The highest BCUT2D eigenvalue weighted by atomic mass is 19.1. The van der Waals surface area contributed by atoms with E-state index in [4.69, 9.17) is 14.2 Å². The molecule has 0 fully saturated rings. The Labute approximate surface area is 236 Å². The molecular weight excluding hydrogens is 529 g/mol. The molecule has 1 atom stereocenters. The van der Waals surface area contributed by atoms with Crippen molar-refractivity contribution in [1.29, 1.82) is 0 Å². The summed E-state index contributed by atoms with van der Waals surface area (Å²) in [7, 11) is 1.85. The number of hydrogen-bond donors (Lipinski definition) is 1. The molecule has 0 saturated carbocycles. The topological polar surface area (TPSA) is 103 Å². The molecule has 2 aromatic carbocycles. The van der Waals surface area contributed by atoms with Crippen molar-refractivity contribution in [3.8, 4) is 11.5 Å². The van der Waals surface area contributed by atoms with Crippen molar-refractivity contribution < 1.29 is 28.5 Å². The minimum atomic E-state index is -0.787. The molecular formula is C31H32FN3O6. The van der Waals surface area contributed by atoms with E-state index < -0.39 is 17.6 Å². The highest BCUT2D eigenvalue weighted by Crippen LogP contribution is 2.38. The van der Waals surface area contributed by atoms with Gasteiger partial charge < -0.3 is 24.2 Å². The average molecular weight is 562 g/mol. The monoisotopic (exact) mass is 561 g/mol. The number of carbonyl (C=O) groups excluding carboxylic acids is 1. The number of rotatable bonds is 11. The Bertz CT molecular complexity index is 1590. The van der Waals surface area contributed by atoms with Gasteiger partial charge in [0.25, 0.3) is 5.56 Å². The van der Waals surface area contributed by atoms with Gasteiger partial charge in [0, 0.05) is 31.3 Å². The third-order valence-corrected chi connectivity index (χ3v) is 6.93. The van der Waals surface area contributed by atoms with Crippen molar-refractivity contribution in [2.45, 2.75) is 32.6 Å². The Hall–Kier alpha value is -4.28. The Morgan fingerprint density at radius 3 is 2.63 bits per heavy atom. The predicted octanol–water partition coefficient (Wildman–Crippen LogP) is 3.57. The third kappa shape index (κ3) is 6.08. The molecule has 5 rings (SSSR count). The van der Waals surface area contributed by atoms with Crippen LogP contribution in [0.15, 0.2) is 65.6 Å². The van der Waals surface area contributed by atoms with Gasteiger partial charge in [-0.15, -0.1) is 0 Å².